The van der Waals surface area contributed by atoms with Crippen LogP contribution in [0.3, 0.4) is 0 Å². The second-order valence-corrected chi connectivity index (χ2v) is 6.26. The van der Waals surface area contributed by atoms with Crippen molar-refractivity contribution in [3.63, 3.8) is 0 Å². The molecule has 0 bridgehead atoms. The fourth-order valence-corrected chi connectivity index (χ4v) is 3.50. The van der Waals surface area contributed by atoms with Crippen molar-refractivity contribution >= 4 is 23.2 Å². The molecule has 0 N–H and O–H groups in total. The summed E-state index contributed by atoms with van der Waals surface area (Å²) >= 11 is 1.32. The number of esters is 1. The average Bonchev–Trinajstić information content (AvgIpc) is 2.94. The molecule has 3 rings (SSSR count). The van der Waals surface area contributed by atoms with E-state index >= 15 is 0 Å². The largest absolute Gasteiger partial charge is 0.464 e. The van der Waals surface area contributed by atoms with Crippen molar-refractivity contribution in [1.29, 1.82) is 0 Å². The third kappa shape index (κ3) is 2.94. The second kappa shape index (κ2) is 6.11. The van der Waals surface area contributed by atoms with Crippen LogP contribution in [-0.2, 0) is 14.3 Å². The molecule has 2 aliphatic heterocycles. The number of hydrogen-bond acceptors (Lipinski definition) is 6. The summed E-state index contributed by atoms with van der Waals surface area (Å²) in [5.41, 5.74) is 0.944. The molecule has 2 saturated heterocycles. The summed E-state index contributed by atoms with van der Waals surface area (Å²) in [5, 5.41) is 2.33. The van der Waals surface area contributed by atoms with Crippen LogP contribution >= 0.6 is 11.3 Å². The molecule has 0 saturated carbocycles. The number of rotatable bonds is 3. The minimum absolute atomic E-state index is 0.0618. The number of amides is 1. The summed E-state index contributed by atoms with van der Waals surface area (Å²) in [6, 6.07) is 0. The van der Waals surface area contributed by atoms with E-state index in [1.807, 2.05) is 10.3 Å². The van der Waals surface area contributed by atoms with Crippen LogP contribution in [-0.4, -0.2) is 55.2 Å². The normalized spacial score (nSPS) is 20.1. The fraction of sp³-hybridized carbons (Fsp3) is 0.643. The minimum Gasteiger partial charge on any atom is -0.464 e. The topological polar surface area (TPSA) is 68.7 Å². The predicted octanol–water partition coefficient (Wildman–Crippen LogP) is 1.28. The van der Waals surface area contributed by atoms with Gasteiger partial charge in [-0.05, 0) is 12.8 Å². The second-order valence-electron chi connectivity index (χ2n) is 5.40. The van der Waals surface area contributed by atoms with Crippen molar-refractivity contribution in [3.8, 4) is 0 Å². The van der Waals surface area contributed by atoms with Gasteiger partial charge in [-0.25, -0.2) is 9.78 Å². The summed E-state index contributed by atoms with van der Waals surface area (Å²) in [4.78, 5) is 29.8. The zero-order valence-electron chi connectivity index (χ0n) is 11.9. The molecule has 1 amide bonds. The summed E-state index contributed by atoms with van der Waals surface area (Å²) in [6.07, 6.45) is 1.79. The Balaban J connectivity index is 1.56. The highest BCUT2D eigenvalue weighted by molar-refractivity contribution is 7.11. The van der Waals surface area contributed by atoms with E-state index in [1.165, 1.54) is 18.4 Å². The van der Waals surface area contributed by atoms with Crippen LogP contribution in [0.2, 0.25) is 0 Å². The zero-order valence-corrected chi connectivity index (χ0v) is 12.7. The number of hydrogen-bond donors (Lipinski definition) is 0. The van der Waals surface area contributed by atoms with Crippen molar-refractivity contribution in [2.24, 2.45) is 5.92 Å². The first-order valence-electron chi connectivity index (χ1n) is 7.09. The molecule has 114 valence electrons. The van der Waals surface area contributed by atoms with Gasteiger partial charge in [-0.1, -0.05) is 0 Å². The number of piperidine rings is 1. The molecule has 1 aromatic heterocycles. The van der Waals surface area contributed by atoms with E-state index in [2.05, 4.69) is 9.72 Å². The lowest BCUT2D eigenvalue weighted by Gasteiger charge is -2.36. The Morgan fingerprint density at radius 2 is 2.10 bits per heavy atom. The number of aromatic nitrogens is 1. The predicted molar refractivity (Wildman–Crippen MR) is 76.3 cm³/mol. The first-order chi connectivity index (χ1) is 10.2. The van der Waals surface area contributed by atoms with Crippen molar-refractivity contribution in [2.75, 3.05) is 33.4 Å². The van der Waals surface area contributed by atoms with Gasteiger partial charge in [0.1, 0.15) is 0 Å². The number of methoxy groups -OCH3 is 1. The maximum atomic E-state index is 12.1. The molecule has 0 spiro atoms. The van der Waals surface area contributed by atoms with Crippen LogP contribution < -0.4 is 0 Å². The number of ether oxygens (including phenoxy) is 2. The number of carbonyl (C=O) groups excluding carboxylic acids is 2. The Morgan fingerprint density at radius 3 is 2.67 bits per heavy atom. The van der Waals surface area contributed by atoms with Crippen molar-refractivity contribution in [1.82, 2.24) is 9.88 Å². The van der Waals surface area contributed by atoms with Gasteiger partial charge in [-0.15, -0.1) is 11.3 Å². The smallest absolute Gasteiger partial charge is 0.367 e. The Hall–Kier alpha value is -1.47. The summed E-state index contributed by atoms with van der Waals surface area (Å²) in [7, 11) is 1.36. The van der Waals surface area contributed by atoms with E-state index in [1.54, 1.807) is 0 Å². The average molecular weight is 310 g/mol. The van der Waals surface area contributed by atoms with Gasteiger partial charge in [-0.2, -0.15) is 0 Å². The third-order valence-corrected chi connectivity index (χ3v) is 4.93. The first kappa shape index (κ1) is 14.5. The molecule has 2 aliphatic rings. The van der Waals surface area contributed by atoms with E-state index < -0.39 is 0 Å². The lowest BCUT2D eigenvalue weighted by atomic mass is 9.93. The molecule has 1 aromatic rings. The van der Waals surface area contributed by atoms with Crippen molar-refractivity contribution in [3.05, 3.63) is 16.1 Å². The van der Waals surface area contributed by atoms with Gasteiger partial charge in [0, 0.05) is 24.4 Å². The Kier molecular flexibility index (Phi) is 4.21. The highest BCUT2D eigenvalue weighted by Crippen LogP contribution is 2.30. The quantitative estimate of drug-likeness (QED) is 0.787. The van der Waals surface area contributed by atoms with Gasteiger partial charge in [0.25, 0.3) is 0 Å². The van der Waals surface area contributed by atoms with Gasteiger partial charge >= 0.3 is 5.97 Å². The standard InChI is InChI=1S/C14H18N2O4S/c1-19-14(18)12-15-11(8-21-12)9-2-4-16(5-3-9)13(17)10-6-20-7-10/h8-10H,2-7H2,1H3. The Labute approximate surface area is 127 Å². The molecule has 0 aromatic carbocycles. The highest BCUT2D eigenvalue weighted by Gasteiger charge is 2.33. The highest BCUT2D eigenvalue weighted by atomic mass is 32.1. The van der Waals surface area contributed by atoms with Crippen LogP contribution in [0.25, 0.3) is 0 Å². The molecule has 0 aliphatic carbocycles. The van der Waals surface area contributed by atoms with Crippen molar-refractivity contribution in [2.45, 2.75) is 18.8 Å². The molecule has 21 heavy (non-hydrogen) atoms. The molecule has 0 unspecified atom stereocenters. The molecule has 0 radical (unpaired) electrons. The van der Waals surface area contributed by atoms with Crippen LogP contribution in [0.4, 0.5) is 0 Å². The molecule has 7 heteroatoms. The van der Waals surface area contributed by atoms with Gasteiger partial charge in [0.05, 0.1) is 31.9 Å². The maximum absolute atomic E-state index is 12.1. The minimum atomic E-state index is -0.385. The molecule has 0 atom stereocenters. The van der Waals surface area contributed by atoms with Crippen molar-refractivity contribution < 1.29 is 19.1 Å². The molecular formula is C14H18N2O4S. The Bertz CT molecular complexity index is 533. The van der Waals surface area contributed by atoms with Gasteiger partial charge < -0.3 is 14.4 Å². The van der Waals surface area contributed by atoms with Crippen LogP contribution in [0.15, 0.2) is 5.38 Å². The number of thiazole rings is 1. The first-order valence-corrected chi connectivity index (χ1v) is 7.97. The van der Waals surface area contributed by atoms with Crippen LogP contribution in [0.5, 0.6) is 0 Å². The van der Waals surface area contributed by atoms with E-state index in [9.17, 15) is 9.59 Å². The SMILES string of the molecule is COC(=O)c1nc(C2CCN(C(=O)C3COC3)CC2)cs1. The van der Waals surface area contributed by atoms with E-state index in [4.69, 9.17) is 4.74 Å². The summed E-state index contributed by atoms with van der Waals surface area (Å²) in [5.74, 6) is 0.213. The number of likely N-dealkylation sites (tertiary alicyclic amines) is 1. The lowest BCUT2D eigenvalue weighted by molar-refractivity contribution is -0.150. The molecule has 2 fully saturated rings. The Morgan fingerprint density at radius 1 is 1.38 bits per heavy atom. The zero-order chi connectivity index (χ0) is 14.8. The van der Waals surface area contributed by atoms with Gasteiger partial charge in [0.15, 0.2) is 0 Å². The van der Waals surface area contributed by atoms with Gasteiger partial charge in [0.2, 0.25) is 10.9 Å². The molecule has 6 nitrogen and oxygen atoms in total. The van der Waals surface area contributed by atoms with Crippen LogP contribution in [0, 0.1) is 5.92 Å². The molecule has 3 heterocycles. The van der Waals surface area contributed by atoms with E-state index in [0.29, 0.717) is 24.1 Å². The third-order valence-electron chi connectivity index (χ3n) is 4.09. The fourth-order valence-electron chi connectivity index (χ4n) is 2.69. The summed E-state index contributed by atoms with van der Waals surface area (Å²) < 4.78 is 9.75. The summed E-state index contributed by atoms with van der Waals surface area (Å²) in [6.45, 7) is 2.64. The lowest BCUT2D eigenvalue weighted by Crippen LogP contribution is -2.47. The maximum Gasteiger partial charge on any atom is 0.367 e. The van der Waals surface area contributed by atoms with E-state index in [0.717, 1.165) is 31.6 Å². The van der Waals surface area contributed by atoms with Crippen LogP contribution in [0.1, 0.15) is 34.3 Å². The monoisotopic (exact) mass is 310 g/mol. The molecular weight excluding hydrogens is 292 g/mol. The number of nitrogens with zero attached hydrogens (tertiary/aromatic N) is 2. The number of carbonyl (C=O) groups is 2. The van der Waals surface area contributed by atoms with Gasteiger partial charge in [-0.3, -0.25) is 4.79 Å². The van der Waals surface area contributed by atoms with E-state index in [-0.39, 0.29) is 17.8 Å².